The number of nitrogens with zero attached hydrogens (tertiary/aromatic N) is 4. The molecule has 5 rings (SSSR count). The zero-order valence-electron chi connectivity index (χ0n) is 21.8. The van der Waals surface area contributed by atoms with Crippen molar-refractivity contribution < 1.29 is 9.53 Å². The highest BCUT2D eigenvalue weighted by molar-refractivity contribution is 8.19. The van der Waals surface area contributed by atoms with Gasteiger partial charge in [-0.3, -0.25) is 9.69 Å². The van der Waals surface area contributed by atoms with Crippen LogP contribution in [0, 0.1) is 11.3 Å². The van der Waals surface area contributed by atoms with Crippen LogP contribution < -0.4 is 10.1 Å². The summed E-state index contributed by atoms with van der Waals surface area (Å²) >= 11 is 2.87. The van der Waals surface area contributed by atoms with Gasteiger partial charge in [-0.1, -0.05) is 54.2 Å². The number of hydrogen-bond acceptors (Lipinski definition) is 8. The summed E-state index contributed by atoms with van der Waals surface area (Å²) in [5.41, 5.74) is 4.86. The number of nitrogens with one attached hydrogen (secondary N) is 1. The fourth-order valence-electron chi connectivity index (χ4n) is 4.35. The quantitative estimate of drug-likeness (QED) is 0.330. The fourth-order valence-corrected chi connectivity index (χ4v) is 6.58. The summed E-state index contributed by atoms with van der Waals surface area (Å²) in [5, 5.41) is 16.3. The van der Waals surface area contributed by atoms with Crippen LogP contribution in [-0.4, -0.2) is 41.6 Å². The molecule has 0 atom stereocenters. The summed E-state index contributed by atoms with van der Waals surface area (Å²) in [6.45, 7) is 3.10. The van der Waals surface area contributed by atoms with E-state index in [0.29, 0.717) is 34.4 Å². The van der Waals surface area contributed by atoms with Gasteiger partial charge in [-0.05, 0) is 54.6 Å². The van der Waals surface area contributed by atoms with E-state index in [2.05, 4.69) is 11.4 Å². The molecule has 1 N–H and O–H groups in total. The maximum atomic E-state index is 14.0. The lowest BCUT2D eigenvalue weighted by Crippen LogP contribution is -2.29. The van der Waals surface area contributed by atoms with Gasteiger partial charge in [0.2, 0.25) is 0 Å². The standard InChI is InChI=1S/C30H27N5O2S2/c1-4-32-23-15-14-21(17-31)16-24(23)33-30-35(18-20-10-6-5-7-11-20)28(36)27(39-30)29-34(2)25(19-38-29)22-12-8-9-13-26(22)37-3/h5-16,19,32H,4,18H2,1-3H3. The minimum Gasteiger partial charge on any atom is -0.496 e. The first-order valence-electron chi connectivity index (χ1n) is 12.4. The number of para-hydroxylation sites is 1. The second kappa shape index (κ2) is 11.7. The molecule has 9 heteroatoms. The number of rotatable bonds is 7. The van der Waals surface area contributed by atoms with Crippen LogP contribution in [0.5, 0.6) is 5.75 Å². The van der Waals surface area contributed by atoms with Gasteiger partial charge in [-0.15, -0.1) is 0 Å². The fraction of sp³-hybridized carbons (Fsp3) is 0.167. The van der Waals surface area contributed by atoms with Crippen molar-refractivity contribution in [1.29, 1.82) is 5.26 Å². The number of carbonyl (C=O) groups is 1. The van der Waals surface area contributed by atoms with Crippen molar-refractivity contribution in [2.24, 2.45) is 4.99 Å². The van der Waals surface area contributed by atoms with Crippen LogP contribution in [0.15, 0.2) is 93.1 Å². The first-order chi connectivity index (χ1) is 19.0. The molecule has 0 radical (unpaired) electrons. The zero-order chi connectivity index (χ0) is 27.4. The number of amides is 1. The van der Waals surface area contributed by atoms with E-state index < -0.39 is 0 Å². The molecule has 196 valence electrons. The van der Waals surface area contributed by atoms with Crippen LogP contribution in [0.4, 0.5) is 11.4 Å². The van der Waals surface area contributed by atoms with Crippen molar-refractivity contribution in [1.82, 2.24) is 9.80 Å². The Morgan fingerprint density at radius 1 is 1.08 bits per heavy atom. The van der Waals surface area contributed by atoms with Crippen molar-refractivity contribution >= 4 is 51.7 Å². The molecule has 2 aliphatic heterocycles. The summed E-state index contributed by atoms with van der Waals surface area (Å²) < 4.78 is 5.58. The largest absolute Gasteiger partial charge is 0.496 e. The second-order valence-electron chi connectivity index (χ2n) is 8.76. The predicted octanol–water partition coefficient (Wildman–Crippen LogP) is 6.61. The number of methoxy groups -OCH3 is 1. The Balaban J connectivity index is 1.56. The molecule has 1 saturated heterocycles. The molecule has 0 aromatic heterocycles. The predicted molar refractivity (Wildman–Crippen MR) is 160 cm³/mol. The van der Waals surface area contributed by atoms with Gasteiger partial charge in [0.15, 0.2) is 5.17 Å². The van der Waals surface area contributed by atoms with Crippen molar-refractivity contribution in [2.75, 3.05) is 26.0 Å². The molecule has 3 aromatic rings. The number of anilines is 1. The lowest BCUT2D eigenvalue weighted by atomic mass is 10.1. The number of nitriles is 1. The number of ether oxygens (including phenoxy) is 1. The van der Waals surface area contributed by atoms with Crippen molar-refractivity contribution in [2.45, 2.75) is 13.5 Å². The van der Waals surface area contributed by atoms with E-state index >= 15 is 0 Å². The van der Waals surface area contributed by atoms with Gasteiger partial charge in [0, 0.05) is 24.6 Å². The smallest absolute Gasteiger partial charge is 0.269 e. The molecule has 2 heterocycles. The minimum atomic E-state index is -0.104. The van der Waals surface area contributed by atoms with Crippen LogP contribution in [-0.2, 0) is 11.3 Å². The molecule has 0 spiro atoms. The average Bonchev–Trinajstić information content (AvgIpc) is 3.49. The summed E-state index contributed by atoms with van der Waals surface area (Å²) in [5.74, 6) is 0.669. The highest BCUT2D eigenvalue weighted by Gasteiger charge is 2.39. The van der Waals surface area contributed by atoms with Crippen LogP contribution in [0.25, 0.3) is 5.70 Å². The van der Waals surface area contributed by atoms with Gasteiger partial charge in [0.05, 0.1) is 47.4 Å². The van der Waals surface area contributed by atoms with Gasteiger partial charge < -0.3 is 15.0 Å². The van der Waals surface area contributed by atoms with Crippen molar-refractivity contribution in [3.05, 3.63) is 105 Å². The van der Waals surface area contributed by atoms with Crippen molar-refractivity contribution in [3.63, 3.8) is 0 Å². The molecular formula is C30H27N5O2S2. The Kier molecular flexibility index (Phi) is 7.96. The van der Waals surface area contributed by atoms with Gasteiger partial charge in [0.1, 0.15) is 10.7 Å². The van der Waals surface area contributed by atoms with Crippen LogP contribution >= 0.6 is 23.5 Å². The molecule has 39 heavy (non-hydrogen) atoms. The van der Waals surface area contributed by atoms with Gasteiger partial charge >= 0.3 is 0 Å². The third-order valence-electron chi connectivity index (χ3n) is 6.28. The van der Waals surface area contributed by atoms with Gasteiger partial charge in [-0.2, -0.15) is 5.26 Å². The highest BCUT2D eigenvalue weighted by atomic mass is 32.2. The molecule has 0 saturated carbocycles. The number of hydrogen-bond donors (Lipinski definition) is 1. The lowest BCUT2D eigenvalue weighted by Gasteiger charge is -2.20. The molecule has 1 fully saturated rings. The highest BCUT2D eigenvalue weighted by Crippen LogP contribution is 2.47. The topological polar surface area (TPSA) is 81.0 Å². The summed E-state index contributed by atoms with van der Waals surface area (Å²) in [7, 11) is 3.62. The summed E-state index contributed by atoms with van der Waals surface area (Å²) in [4.78, 5) is 23.3. The Hall–Kier alpha value is -4.13. The Morgan fingerprint density at radius 2 is 1.85 bits per heavy atom. The van der Waals surface area contributed by atoms with E-state index in [1.807, 2.05) is 84.9 Å². The Morgan fingerprint density at radius 3 is 2.59 bits per heavy atom. The maximum Gasteiger partial charge on any atom is 0.269 e. The minimum absolute atomic E-state index is 0.104. The van der Waals surface area contributed by atoms with E-state index in [9.17, 15) is 10.1 Å². The SMILES string of the molecule is CCNc1ccc(C#N)cc1N=C1SC(=C2SC=C(c3ccccc3OC)N2C)C(=O)N1Cc1ccccc1. The second-order valence-corrected chi connectivity index (χ2v) is 10.6. The number of amidine groups is 1. The molecule has 3 aromatic carbocycles. The number of thioether (sulfide) groups is 2. The molecule has 0 unspecified atom stereocenters. The Labute approximate surface area is 236 Å². The number of aliphatic imine (C=N–C) groups is 1. The molecule has 0 aliphatic carbocycles. The van der Waals surface area contributed by atoms with Crippen LogP contribution in [0.2, 0.25) is 0 Å². The van der Waals surface area contributed by atoms with E-state index in [1.165, 1.54) is 23.5 Å². The molecule has 2 aliphatic rings. The summed E-state index contributed by atoms with van der Waals surface area (Å²) in [6, 6.07) is 25.3. The molecule has 7 nitrogen and oxygen atoms in total. The molecular weight excluding hydrogens is 526 g/mol. The third-order valence-corrected chi connectivity index (χ3v) is 8.52. The third kappa shape index (κ3) is 5.39. The molecule has 1 amide bonds. The van der Waals surface area contributed by atoms with E-state index in [1.54, 1.807) is 24.1 Å². The maximum absolute atomic E-state index is 14.0. The van der Waals surface area contributed by atoms with E-state index in [0.717, 1.165) is 33.3 Å². The first kappa shape index (κ1) is 26.5. The number of benzene rings is 3. The van der Waals surface area contributed by atoms with Crippen LogP contribution in [0.1, 0.15) is 23.6 Å². The average molecular weight is 554 g/mol. The number of carbonyl (C=O) groups excluding carboxylic acids is 1. The first-order valence-corrected chi connectivity index (χ1v) is 14.1. The van der Waals surface area contributed by atoms with Gasteiger partial charge in [-0.25, -0.2) is 4.99 Å². The monoisotopic (exact) mass is 553 g/mol. The Bertz CT molecular complexity index is 1540. The summed E-state index contributed by atoms with van der Waals surface area (Å²) in [6.07, 6.45) is 0. The lowest BCUT2D eigenvalue weighted by molar-refractivity contribution is -0.122. The van der Waals surface area contributed by atoms with Crippen molar-refractivity contribution in [3.8, 4) is 11.8 Å². The molecule has 0 bridgehead atoms. The van der Waals surface area contributed by atoms with Crippen LogP contribution in [0.3, 0.4) is 0 Å². The van der Waals surface area contributed by atoms with E-state index in [-0.39, 0.29) is 5.91 Å². The van der Waals surface area contributed by atoms with E-state index in [4.69, 9.17) is 9.73 Å². The van der Waals surface area contributed by atoms with Gasteiger partial charge in [0.25, 0.3) is 5.91 Å². The zero-order valence-corrected chi connectivity index (χ0v) is 23.5. The normalized spacial score (nSPS) is 17.9.